The van der Waals surface area contributed by atoms with E-state index in [4.69, 9.17) is 9.47 Å². The molecule has 1 N–H and O–H groups in total. The topological polar surface area (TPSA) is 86.6 Å². The zero-order valence-electron chi connectivity index (χ0n) is 15.5. The van der Waals surface area contributed by atoms with Crippen LogP contribution in [0.5, 0.6) is 0 Å². The van der Waals surface area contributed by atoms with Gasteiger partial charge in [-0.15, -0.1) is 0 Å². The molecule has 0 aliphatic heterocycles. The fourth-order valence-electron chi connectivity index (χ4n) is 2.39. The molecular formula is C19H22N2O5. The third-order valence-electron chi connectivity index (χ3n) is 3.37. The highest BCUT2D eigenvalue weighted by molar-refractivity contribution is 6.01. The van der Waals surface area contributed by atoms with E-state index in [1.165, 1.54) is 24.7 Å². The second-order valence-corrected chi connectivity index (χ2v) is 6.68. The Hall–Kier alpha value is -3.09. The van der Waals surface area contributed by atoms with Crippen LogP contribution < -0.4 is 5.32 Å². The molecule has 1 aromatic heterocycles. The van der Waals surface area contributed by atoms with E-state index in [0.29, 0.717) is 11.1 Å². The van der Waals surface area contributed by atoms with Gasteiger partial charge in [-0.1, -0.05) is 12.1 Å². The third-order valence-corrected chi connectivity index (χ3v) is 3.37. The van der Waals surface area contributed by atoms with Crippen molar-refractivity contribution in [3.63, 3.8) is 0 Å². The van der Waals surface area contributed by atoms with Crippen LogP contribution in [0.3, 0.4) is 0 Å². The highest BCUT2D eigenvalue weighted by Crippen LogP contribution is 2.23. The lowest BCUT2D eigenvalue weighted by Gasteiger charge is -2.19. The minimum Gasteiger partial charge on any atom is -0.464 e. The SMILES string of the molecule is COC(=O)/C(=C/c1cccc2c1ccn2C(=O)OC(C)(C)C)NC(C)=O. The summed E-state index contributed by atoms with van der Waals surface area (Å²) in [7, 11) is 1.23. The van der Waals surface area contributed by atoms with Gasteiger partial charge in [0.2, 0.25) is 5.91 Å². The van der Waals surface area contributed by atoms with Crippen molar-refractivity contribution >= 4 is 34.9 Å². The first kappa shape index (κ1) is 19.2. The summed E-state index contributed by atoms with van der Waals surface area (Å²) in [5.41, 5.74) is 0.672. The van der Waals surface area contributed by atoms with Gasteiger partial charge in [-0.2, -0.15) is 0 Å². The van der Waals surface area contributed by atoms with Gasteiger partial charge in [0.15, 0.2) is 0 Å². The number of rotatable bonds is 3. The average molecular weight is 358 g/mol. The predicted octanol–water partition coefficient (Wildman–Crippen LogP) is 3.07. The zero-order valence-corrected chi connectivity index (χ0v) is 15.5. The standard InChI is InChI=1S/C19H22N2O5/c1-12(22)20-15(17(23)25-5)11-13-7-6-8-16-14(13)9-10-21(16)18(24)26-19(2,3)4/h6-11H,1-5H3,(H,20,22)/b15-11-. The number of carbonyl (C=O) groups excluding carboxylic acids is 3. The number of carbonyl (C=O) groups is 3. The Morgan fingerprint density at radius 2 is 1.85 bits per heavy atom. The highest BCUT2D eigenvalue weighted by Gasteiger charge is 2.20. The van der Waals surface area contributed by atoms with E-state index in [9.17, 15) is 14.4 Å². The fraction of sp³-hybridized carbons (Fsp3) is 0.316. The molecule has 0 spiro atoms. The smallest absolute Gasteiger partial charge is 0.418 e. The first-order chi connectivity index (χ1) is 12.1. The number of ether oxygens (including phenoxy) is 2. The van der Waals surface area contributed by atoms with Gasteiger partial charge in [-0.25, -0.2) is 9.59 Å². The first-order valence-corrected chi connectivity index (χ1v) is 8.03. The number of aromatic nitrogens is 1. The Balaban J connectivity index is 2.50. The van der Waals surface area contributed by atoms with Crippen molar-refractivity contribution in [1.29, 1.82) is 0 Å². The molecule has 0 fully saturated rings. The van der Waals surface area contributed by atoms with Crippen molar-refractivity contribution in [1.82, 2.24) is 9.88 Å². The monoisotopic (exact) mass is 358 g/mol. The van der Waals surface area contributed by atoms with Crippen LogP contribution in [0, 0.1) is 0 Å². The minimum absolute atomic E-state index is 0.0116. The van der Waals surface area contributed by atoms with Gasteiger partial charge in [0.05, 0.1) is 12.6 Å². The molecule has 2 aromatic rings. The Morgan fingerprint density at radius 1 is 1.15 bits per heavy atom. The van der Waals surface area contributed by atoms with Gasteiger partial charge in [0.25, 0.3) is 0 Å². The summed E-state index contributed by atoms with van der Waals surface area (Å²) in [6.45, 7) is 6.68. The maximum absolute atomic E-state index is 12.4. The Morgan fingerprint density at radius 3 is 2.42 bits per heavy atom. The maximum Gasteiger partial charge on any atom is 0.418 e. The van der Waals surface area contributed by atoms with Crippen molar-refractivity contribution in [3.8, 4) is 0 Å². The molecule has 1 amide bonds. The molecular weight excluding hydrogens is 336 g/mol. The molecule has 7 nitrogen and oxygen atoms in total. The van der Waals surface area contributed by atoms with E-state index in [-0.39, 0.29) is 11.6 Å². The van der Waals surface area contributed by atoms with Gasteiger partial charge >= 0.3 is 12.1 Å². The maximum atomic E-state index is 12.4. The van der Waals surface area contributed by atoms with E-state index in [2.05, 4.69) is 5.32 Å². The molecule has 0 unspecified atom stereocenters. The molecule has 0 saturated heterocycles. The summed E-state index contributed by atoms with van der Waals surface area (Å²) in [5, 5.41) is 3.18. The van der Waals surface area contributed by atoms with Crippen LogP contribution in [-0.2, 0) is 19.1 Å². The molecule has 0 aliphatic rings. The first-order valence-electron chi connectivity index (χ1n) is 8.03. The van der Waals surface area contributed by atoms with Crippen LogP contribution in [-0.4, -0.2) is 35.2 Å². The number of fused-ring (bicyclic) bond motifs is 1. The normalized spacial score (nSPS) is 12.0. The van der Waals surface area contributed by atoms with Crippen LogP contribution in [0.15, 0.2) is 36.2 Å². The second-order valence-electron chi connectivity index (χ2n) is 6.68. The zero-order chi connectivity index (χ0) is 19.5. The van der Waals surface area contributed by atoms with Crippen LogP contribution >= 0.6 is 0 Å². The van der Waals surface area contributed by atoms with E-state index < -0.39 is 17.7 Å². The van der Waals surface area contributed by atoms with Crippen LogP contribution in [0.4, 0.5) is 4.79 Å². The van der Waals surface area contributed by atoms with Crippen LogP contribution in [0.2, 0.25) is 0 Å². The predicted molar refractivity (Wildman–Crippen MR) is 97.4 cm³/mol. The van der Waals surface area contributed by atoms with Crippen molar-refractivity contribution < 1.29 is 23.9 Å². The minimum atomic E-state index is -0.663. The third kappa shape index (κ3) is 4.50. The van der Waals surface area contributed by atoms with Crippen LogP contribution in [0.25, 0.3) is 17.0 Å². The summed E-state index contributed by atoms with van der Waals surface area (Å²) >= 11 is 0. The largest absolute Gasteiger partial charge is 0.464 e. The Kier molecular flexibility index (Phi) is 5.50. The molecule has 0 atom stereocenters. The van der Waals surface area contributed by atoms with Crippen molar-refractivity contribution in [3.05, 3.63) is 41.7 Å². The van der Waals surface area contributed by atoms with Gasteiger partial charge in [-0.3, -0.25) is 9.36 Å². The summed E-state index contributed by atoms with van der Waals surface area (Å²) in [6, 6.07) is 7.03. The van der Waals surface area contributed by atoms with Crippen molar-refractivity contribution in [2.24, 2.45) is 0 Å². The summed E-state index contributed by atoms with van der Waals surface area (Å²) < 4.78 is 11.5. The molecule has 2 rings (SSSR count). The summed E-state index contributed by atoms with van der Waals surface area (Å²) in [6.07, 6.45) is 2.62. The number of nitrogens with one attached hydrogen (secondary N) is 1. The number of methoxy groups -OCH3 is 1. The van der Waals surface area contributed by atoms with Crippen molar-refractivity contribution in [2.45, 2.75) is 33.3 Å². The number of hydrogen-bond donors (Lipinski definition) is 1. The molecule has 26 heavy (non-hydrogen) atoms. The number of amides is 1. The summed E-state index contributed by atoms with van der Waals surface area (Å²) in [5.74, 6) is -1.05. The molecule has 0 saturated carbocycles. The van der Waals surface area contributed by atoms with Gasteiger partial charge in [0.1, 0.15) is 11.3 Å². The van der Waals surface area contributed by atoms with Gasteiger partial charge < -0.3 is 14.8 Å². The fourth-order valence-corrected chi connectivity index (χ4v) is 2.39. The van der Waals surface area contributed by atoms with Gasteiger partial charge in [-0.05, 0) is 44.5 Å². The lowest BCUT2D eigenvalue weighted by molar-refractivity contribution is -0.137. The van der Waals surface area contributed by atoms with E-state index in [0.717, 1.165) is 5.39 Å². The van der Waals surface area contributed by atoms with Crippen LogP contribution in [0.1, 0.15) is 33.3 Å². The summed E-state index contributed by atoms with van der Waals surface area (Å²) in [4.78, 5) is 35.6. The quantitative estimate of drug-likeness (QED) is 0.673. The van der Waals surface area contributed by atoms with Gasteiger partial charge in [0, 0.05) is 18.5 Å². The lowest BCUT2D eigenvalue weighted by Crippen LogP contribution is -2.26. The van der Waals surface area contributed by atoms with E-state index in [1.54, 1.807) is 51.2 Å². The van der Waals surface area contributed by atoms with E-state index in [1.807, 2.05) is 0 Å². The second kappa shape index (κ2) is 7.43. The number of hydrogen-bond acceptors (Lipinski definition) is 5. The molecule has 0 radical (unpaired) electrons. The molecule has 138 valence electrons. The molecule has 0 bridgehead atoms. The Labute approximate surface area is 151 Å². The molecule has 7 heteroatoms. The van der Waals surface area contributed by atoms with E-state index >= 15 is 0 Å². The lowest BCUT2D eigenvalue weighted by atomic mass is 10.1. The molecule has 1 heterocycles. The molecule has 1 aromatic carbocycles. The van der Waals surface area contributed by atoms with Crippen molar-refractivity contribution in [2.75, 3.05) is 7.11 Å². The highest BCUT2D eigenvalue weighted by atomic mass is 16.6. The number of nitrogens with zero attached hydrogens (tertiary/aromatic N) is 1. The molecule has 0 aliphatic carbocycles. The number of esters is 1. The average Bonchev–Trinajstić information content (AvgIpc) is 2.96. The number of benzene rings is 1. The Bertz CT molecular complexity index is 887.